The first-order chi connectivity index (χ1) is 9.17. The van der Waals surface area contributed by atoms with E-state index in [-0.39, 0.29) is 0 Å². The highest BCUT2D eigenvalue weighted by molar-refractivity contribution is 5.69. The zero-order chi connectivity index (χ0) is 13.8. The van der Waals surface area contributed by atoms with Gasteiger partial charge in [0.1, 0.15) is 28.8 Å². The van der Waals surface area contributed by atoms with Gasteiger partial charge in [-0.2, -0.15) is 0 Å². The lowest BCUT2D eigenvalue weighted by Gasteiger charge is -2.11. The summed E-state index contributed by atoms with van der Waals surface area (Å²) in [5, 5.41) is 0. The van der Waals surface area contributed by atoms with Crippen LogP contribution in [-0.4, -0.2) is 22.1 Å². The van der Waals surface area contributed by atoms with Gasteiger partial charge in [-0.05, 0) is 25.5 Å². The summed E-state index contributed by atoms with van der Waals surface area (Å²) < 4.78 is 5.33. The Labute approximate surface area is 112 Å². The SMILES string of the molecule is CCCc1nc(N)c(C)c(-c2ncccc2OC)n1. The maximum absolute atomic E-state index is 5.96. The third-order valence-corrected chi connectivity index (χ3v) is 2.92. The number of rotatable bonds is 4. The summed E-state index contributed by atoms with van der Waals surface area (Å²) in [4.78, 5) is 13.2. The molecule has 0 aliphatic carbocycles. The molecule has 0 aliphatic rings. The van der Waals surface area contributed by atoms with Gasteiger partial charge in [-0.1, -0.05) is 6.92 Å². The first-order valence-electron chi connectivity index (χ1n) is 6.29. The van der Waals surface area contributed by atoms with Crippen molar-refractivity contribution in [3.63, 3.8) is 0 Å². The highest BCUT2D eigenvalue weighted by Gasteiger charge is 2.15. The van der Waals surface area contributed by atoms with Crippen molar-refractivity contribution in [2.75, 3.05) is 12.8 Å². The van der Waals surface area contributed by atoms with Crippen molar-refractivity contribution in [3.05, 3.63) is 29.7 Å². The molecule has 2 aromatic heterocycles. The highest BCUT2D eigenvalue weighted by atomic mass is 16.5. The van der Waals surface area contributed by atoms with Gasteiger partial charge >= 0.3 is 0 Å². The molecule has 19 heavy (non-hydrogen) atoms. The average Bonchev–Trinajstić information content (AvgIpc) is 2.43. The molecule has 0 aliphatic heterocycles. The Balaban J connectivity index is 2.60. The van der Waals surface area contributed by atoms with Crippen LogP contribution >= 0.6 is 0 Å². The van der Waals surface area contributed by atoms with Crippen molar-refractivity contribution in [2.24, 2.45) is 0 Å². The summed E-state index contributed by atoms with van der Waals surface area (Å²) in [5.74, 6) is 1.93. The zero-order valence-electron chi connectivity index (χ0n) is 11.5. The van der Waals surface area contributed by atoms with E-state index < -0.39 is 0 Å². The molecule has 2 rings (SSSR count). The Hall–Kier alpha value is -2.17. The molecular weight excluding hydrogens is 240 g/mol. The number of hydrogen-bond acceptors (Lipinski definition) is 5. The van der Waals surface area contributed by atoms with Gasteiger partial charge in [-0.15, -0.1) is 0 Å². The van der Waals surface area contributed by atoms with Crippen LogP contribution in [0.4, 0.5) is 5.82 Å². The minimum atomic E-state index is 0.501. The molecular formula is C14H18N4O. The minimum Gasteiger partial charge on any atom is -0.494 e. The molecule has 100 valence electrons. The molecule has 2 N–H and O–H groups in total. The van der Waals surface area contributed by atoms with Crippen molar-refractivity contribution in [1.82, 2.24) is 15.0 Å². The van der Waals surface area contributed by atoms with Gasteiger partial charge < -0.3 is 10.5 Å². The van der Waals surface area contributed by atoms with Crippen LogP contribution < -0.4 is 10.5 Å². The Morgan fingerprint density at radius 2 is 2.05 bits per heavy atom. The Kier molecular flexibility index (Phi) is 3.94. The number of ether oxygens (including phenoxy) is 1. The second-order valence-corrected chi connectivity index (χ2v) is 4.30. The molecule has 0 atom stereocenters. The number of hydrogen-bond donors (Lipinski definition) is 1. The van der Waals surface area contributed by atoms with Crippen LogP contribution in [0, 0.1) is 6.92 Å². The summed E-state index contributed by atoms with van der Waals surface area (Å²) in [6.45, 7) is 3.98. The standard InChI is InChI=1S/C14H18N4O/c1-4-6-11-17-12(9(2)14(15)18-11)13-10(19-3)7-5-8-16-13/h5,7-8H,4,6H2,1-3H3,(H2,15,17,18). The lowest BCUT2D eigenvalue weighted by molar-refractivity contribution is 0.414. The van der Waals surface area contributed by atoms with E-state index in [0.29, 0.717) is 17.3 Å². The Morgan fingerprint density at radius 1 is 1.26 bits per heavy atom. The van der Waals surface area contributed by atoms with Gasteiger partial charge in [-0.25, -0.2) is 9.97 Å². The molecule has 0 amide bonds. The number of aromatic nitrogens is 3. The second-order valence-electron chi connectivity index (χ2n) is 4.30. The molecule has 0 saturated carbocycles. The normalized spacial score (nSPS) is 10.5. The fourth-order valence-electron chi connectivity index (χ4n) is 1.88. The summed E-state index contributed by atoms with van der Waals surface area (Å²) in [6.07, 6.45) is 3.49. The summed E-state index contributed by atoms with van der Waals surface area (Å²) >= 11 is 0. The van der Waals surface area contributed by atoms with Crippen molar-refractivity contribution >= 4 is 5.82 Å². The van der Waals surface area contributed by atoms with E-state index in [1.807, 2.05) is 19.1 Å². The smallest absolute Gasteiger partial charge is 0.146 e. The quantitative estimate of drug-likeness (QED) is 0.911. The number of anilines is 1. The number of methoxy groups -OCH3 is 1. The topological polar surface area (TPSA) is 73.9 Å². The van der Waals surface area contributed by atoms with Crippen molar-refractivity contribution in [2.45, 2.75) is 26.7 Å². The van der Waals surface area contributed by atoms with Crippen molar-refractivity contribution < 1.29 is 4.74 Å². The van der Waals surface area contributed by atoms with Crippen LogP contribution in [0.25, 0.3) is 11.4 Å². The van der Waals surface area contributed by atoms with Crippen LogP contribution in [0.5, 0.6) is 5.75 Å². The van der Waals surface area contributed by atoms with Crippen LogP contribution in [-0.2, 0) is 6.42 Å². The van der Waals surface area contributed by atoms with Crippen LogP contribution in [0.3, 0.4) is 0 Å². The van der Waals surface area contributed by atoms with Crippen LogP contribution in [0.15, 0.2) is 18.3 Å². The Morgan fingerprint density at radius 3 is 2.74 bits per heavy atom. The molecule has 0 spiro atoms. The monoisotopic (exact) mass is 258 g/mol. The van der Waals surface area contributed by atoms with Gasteiger partial charge in [0.05, 0.1) is 7.11 Å². The number of pyridine rings is 1. The zero-order valence-corrected chi connectivity index (χ0v) is 11.5. The van der Waals surface area contributed by atoms with Gasteiger partial charge in [0.2, 0.25) is 0 Å². The van der Waals surface area contributed by atoms with E-state index in [9.17, 15) is 0 Å². The first-order valence-corrected chi connectivity index (χ1v) is 6.29. The molecule has 0 saturated heterocycles. The van der Waals surface area contributed by atoms with Crippen LogP contribution in [0.2, 0.25) is 0 Å². The number of nitrogen functional groups attached to an aromatic ring is 1. The van der Waals surface area contributed by atoms with Gasteiger partial charge in [0.25, 0.3) is 0 Å². The van der Waals surface area contributed by atoms with Gasteiger partial charge in [-0.3, -0.25) is 4.98 Å². The van der Waals surface area contributed by atoms with Crippen molar-refractivity contribution in [3.8, 4) is 17.1 Å². The third-order valence-electron chi connectivity index (χ3n) is 2.92. The molecule has 0 unspecified atom stereocenters. The molecule has 2 heterocycles. The number of nitrogens with zero attached hydrogens (tertiary/aromatic N) is 3. The maximum Gasteiger partial charge on any atom is 0.146 e. The predicted molar refractivity (Wildman–Crippen MR) is 75.0 cm³/mol. The summed E-state index contributed by atoms with van der Waals surface area (Å²) in [7, 11) is 1.62. The minimum absolute atomic E-state index is 0.501. The fourth-order valence-corrected chi connectivity index (χ4v) is 1.88. The molecule has 0 aromatic carbocycles. The molecule has 2 aromatic rings. The van der Waals surface area contributed by atoms with E-state index in [0.717, 1.165) is 29.9 Å². The molecule has 5 heteroatoms. The largest absolute Gasteiger partial charge is 0.494 e. The highest BCUT2D eigenvalue weighted by Crippen LogP contribution is 2.30. The van der Waals surface area contributed by atoms with Gasteiger partial charge in [0, 0.05) is 18.2 Å². The maximum atomic E-state index is 5.96. The third kappa shape index (κ3) is 2.65. The molecule has 5 nitrogen and oxygen atoms in total. The average molecular weight is 258 g/mol. The van der Waals surface area contributed by atoms with E-state index in [2.05, 4.69) is 21.9 Å². The van der Waals surface area contributed by atoms with E-state index in [1.165, 1.54) is 0 Å². The van der Waals surface area contributed by atoms with E-state index >= 15 is 0 Å². The summed E-state index contributed by atoms with van der Waals surface area (Å²) in [5.41, 5.74) is 8.24. The Bertz CT molecular complexity index is 584. The second kappa shape index (κ2) is 5.65. The van der Waals surface area contributed by atoms with Crippen molar-refractivity contribution in [1.29, 1.82) is 0 Å². The lowest BCUT2D eigenvalue weighted by atomic mass is 10.1. The number of nitrogens with two attached hydrogens (primary N) is 1. The molecule has 0 fully saturated rings. The predicted octanol–water partition coefficient (Wildman–Crippen LogP) is 2.39. The number of aryl methyl sites for hydroxylation is 1. The van der Waals surface area contributed by atoms with Gasteiger partial charge in [0.15, 0.2) is 0 Å². The van der Waals surface area contributed by atoms with E-state index in [4.69, 9.17) is 10.5 Å². The summed E-state index contributed by atoms with van der Waals surface area (Å²) in [6, 6.07) is 3.69. The fraction of sp³-hybridized carbons (Fsp3) is 0.357. The lowest BCUT2D eigenvalue weighted by Crippen LogP contribution is -2.06. The molecule has 0 bridgehead atoms. The van der Waals surface area contributed by atoms with Crippen LogP contribution in [0.1, 0.15) is 24.7 Å². The molecule has 0 radical (unpaired) electrons. The van der Waals surface area contributed by atoms with E-state index in [1.54, 1.807) is 13.3 Å². The first kappa shape index (κ1) is 13.3.